The molecule has 1 heterocycles. The number of anilines is 1. The van der Waals surface area contributed by atoms with E-state index >= 15 is 0 Å². The molecule has 1 aromatic heterocycles. The number of amides is 1. The maximum Gasteiger partial charge on any atom is 0.255 e. The average Bonchev–Trinajstić information content (AvgIpc) is 2.29. The second kappa shape index (κ2) is 5.33. The van der Waals surface area contributed by atoms with Crippen molar-refractivity contribution in [2.75, 3.05) is 12.3 Å². The normalized spacial score (nSPS) is 11.7. The number of hydrogen-bond acceptors (Lipinski definition) is 3. The van der Waals surface area contributed by atoms with E-state index < -0.39 is 11.7 Å². The van der Waals surface area contributed by atoms with Crippen molar-refractivity contribution < 1.29 is 9.18 Å². The predicted octanol–water partition coefficient (Wildman–Crippen LogP) is 2.21. The number of pyridine rings is 1. The van der Waals surface area contributed by atoms with E-state index in [1.54, 1.807) is 0 Å². The van der Waals surface area contributed by atoms with Crippen LogP contribution in [0.25, 0.3) is 0 Å². The van der Waals surface area contributed by atoms with Crippen LogP contribution in [0.15, 0.2) is 12.3 Å². The third-order valence-electron chi connectivity index (χ3n) is 3.40. The highest BCUT2D eigenvalue weighted by Crippen LogP contribution is 2.24. The number of hydrogen-bond donors (Lipinski definition) is 2. The highest BCUT2D eigenvalue weighted by molar-refractivity contribution is 5.98. The lowest BCUT2D eigenvalue weighted by molar-refractivity contribution is 0.0925. The zero-order valence-corrected chi connectivity index (χ0v) is 11.2. The van der Waals surface area contributed by atoms with E-state index in [4.69, 9.17) is 5.73 Å². The Morgan fingerprint density at radius 2 is 2.17 bits per heavy atom. The SMILES string of the molecule is CC(C)C(C)(C)CNC(=O)c1cc(F)cnc1N. The Morgan fingerprint density at radius 1 is 1.56 bits per heavy atom. The van der Waals surface area contributed by atoms with Crippen molar-refractivity contribution in [3.8, 4) is 0 Å². The van der Waals surface area contributed by atoms with Gasteiger partial charge in [0.2, 0.25) is 0 Å². The van der Waals surface area contributed by atoms with Crippen LogP contribution in [0.4, 0.5) is 10.2 Å². The van der Waals surface area contributed by atoms with Gasteiger partial charge in [-0.3, -0.25) is 4.79 Å². The summed E-state index contributed by atoms with van der Waals surface area (Å²) in [5.74, 6) is -0.511. The van der Waals surface area contributed by atoms with Gasteiger partial charge in [-0.1, -0.05) is 27.7 Å². The maximum atomic E-state index is 13.0. The highest BCUT2D eigenvalue weighted by Gasteiger charge is 2.23. The van der Waals surface area contributed by atoms with Crippen molar-refractivity contribution in [2.45, 2.75) is 27.7 Å². The number of nitrogens with one attached hydrogen (secondary N) is 1. The third kappa shape index (κ3) is 3.42. The zero-order chi connectivity index (χ0) is 13.9. The summed E-state index contributed by atoms with van der Waals surface area (Å²) >= 11 is 0. The Labute approximate surface area is 107 Å². The predicted molar refractivity (Wildman–Crippen MR) is 69.6 cm³/mol. The van der Waals surface area contributed by atoms with E-state index in [9.17, 15) is 9.18 Å². The molecular weight excluding hydrogens is 233 g/mol. The summed E-state index contributed by atoms with van der Waals surface area (Å²) in [7, 11) is 0. The number of carbonyl (C=O) groups is 1. The molecule has 0 aliphatic heterocycles. The first-order valence-corrected chi connectivity index (χ1v) is 5.93. The smallest absolute Gasteiger partial charge is 0.255 e. The van der Waals surface area contributed by atoms with E-state index in [1.165, 1.54) is 0 Å². The van der Waals surface area contributed by atoms with Crippen LogP contribution in [-0.4, -0.2) is 17.4 Å². The summed E-state index contributed by atoms with van der Waals surface area (Å²) < 4.78 is 13.0. The second-order valence-corrected chi connectivity index (χ2v) is 5.41. The van der Waals surface area contributed by atoms with Gasteiger partial charge >= 0.3 is 0 Å². The number of halogens is 1. The van der Waals surface area contributed by atoms with Gasteiger partial charge in [0.15, 0.2) is 0 Å². The third-order valence-corrected chi connectivity index (χ3v) is 3.40. The summed E-state index contributed by atoms with van der Waals surface area (Å²) in [5, 5.41) is 2.76. The zero-order valence-electron chi connectivity index (χ0n) is 11.2. The molecule has 0 radical (unpaired) electrons. The first-order chi connectivity index (χ1) is 8.24. The monoisotopic (exact) mass is 253 g/mol. The molecular formula is C13H20FN3O. The molecule has 0 unspecified atom stereocenters. The van der Waals surface area contributed by atoms with E-state index in [0.29, 0.717) is 12.5 Å². The van der Waals surface area contributed by atoms with Crippen LogP contribution in [0.2, 0.25) is 0 Å². The lowest BCUT2D eigenvalue weighted by Crippen LogP contribution is -2.37. The van der Waals surface area contributed by atoms with Crippen molar-refractivity contribution in [2.24, 2.45) is 11.3 Å². The molecule has 100 valence electrons. The molecule has 0 saturated carbocycles. The summed E-state index contributed by atoms with van der Waals surface area (Å²) in [6, 6.07) is 1.10. The Bertz CT molecular complexity index is 444. The quantitative estimate of drug-likeness (QED) is 0.864. The topological polar surface area (TPSA) is 68.0 Å². The molecule has 4 nitrogen and oxygen atoms in total. The Hall–Kier alpha value is -1.65. The molecule has 0 fully saturated rings. The Kier molecular flexibility index (Phi) is 4.27. The minimum atomic E-state index is -0.572. The van der Waals surface area contributed by atoms with Gasteiger partial charge in [0.25, 0.3) is 5.91 Å². The number of carbonyl (C=O) groups excluding carboxylic acids is 1. The lowest BCUT2D eigenvalue weighted by atomic mass is 9.81. The Balaban J connectivity index is 2.75. The van der Waals surface area contributed by atoms with Gasteiger partial charge in [0.1, 0.15) is 11.6 Å². The van der Waals surface area contributed by atoms with Crippen molar-refractivity contribution in [3.05, 3.63) is 23.6 Å². The molecule has 1 rings (SSSR count). The lowest BCUT2D eigenvalue weighted by Gasteiger charge is -2.29. The minimum Gasteiger partial charge on any atom is -0.383 e. The van der Waals surface area contributed by atoms with E-state index in [0.717, 1.165) is 12.3 Å². The van der Waals surface area contributed by atoms with Crippen molar-refractivity contribution in [3.63, 3.8) is 0 Å². The molecule has 18 heavy (non-hydrogen) atoms. The van der Waals surface area contributed by atoms with Crippen molar-refractivity contribution in [1.29, 1.82) is 0 Å². The van der Waals surface area contributed by atoms with Crippen molar-refractivity contribution in [1.82, 2.24) is 10.3 Å². The summed E-state index contributed by atoms with van der Waals surface area (Å²) in [5.41, 5.74) is 5.59. The molecule has 0 saturated heterocycles. The number of nitrogens with two attached hydrogens (primary N) is 1. The number of nitrogens with zero attached hydrogens (tertiary/aromatic N) is 1. The second-order valence-electron chi connectivity index (χ2n) is 5.41. The summed E-state index contributed by atoms with van der Waals surface area (Å²) in [6.45, 7) is 8.80. The van der Waals surface area contributed by atoms with Crippen LogP contribution in [0.1, 0.15) is 38.1 Å². The van der Waals surface area contributed by atoms with Gasteiger partial charge < -0.3 is 11.1 Å². The molecule has 3 N–H and O–H groups in total. The molecule has 1 amide bonds. The first-order valence-electron chi connectivity index (χ1n) is 5.93. The fourth-order valence-electron chi connectivity index (χ4n) is 1.24. The van der Waals surface area contributed by atoms with E-state index in [-0.39, 0.29) is 16.8 Å². The van der Waals surface area contributed by atoms with Gasteiger partial charge in [-0.05, 0) is 17.4 Å². The van der Waals surface area contributed by atoms with Crippen LogP contribution < -0.4 is 11.1 Å². The van der Waals surface area contributed by atoms with Crippen LogP contribution >= 0.6 is 0 Å². The van der Waals surface area contributed by atoms with Crippen LogP contribution in [0, 0.1) is 17.2 Å². The highest BCUT2D eigenvalue weighted by atomic mass is 19.1. The van der Waals surface area contributed by atoms with Crippen molar-refractivity contribution >= 4 is 11.7 Å². The molecule has 0 spiro atoms. The molecule has 0 aliphatic carbocycles. The largest absolute Gasteiger partial charge is 0.383 e. The summed E-state index contributed by atoms with van der Waals surface area (Å²) in [4.78, 5) is 15.5. The van der Waals surface area contributed by atoms with Gasteiger partial charge in [-0.2, -0.15) is 0 Å². The minimum absolute atomic E-state index is 0.0365. The molecule has 1 aromatic rings. The van der Waals surface area contributed by atoms with Gasteiger partial charge in [0, 0.05) is 6.54 Å². The molecule has 5 heteroatoms. The molecule has 0 aliphatic rings. The van der Waals surface area contributed by atoms with Gasteiger partial charge in [-0.25, -0.2) is 9.37 Å². The maximum absolute atomic E-state index is 13.0. The van der Waals surface area contributed by atoms with Crippen LogP contribution in [0.5, 0.6) is 0 Å². The van der Waals surface area contributed by atoms with E-state index in [1.807, 2.05) is 0 Å². The molecule has 0 bridgehead atoms. The fourth-order valence-corrected chi connectivity index (χ4v) is 1.24. The fraction of sp³-hybridized carbons (Fsp3) is 0.538. The number of nitrogen functional groups attached to an aromatic ring is 1. The van der Waals surface area contributed by atoms with Gasteiger partial charge in [-0.15, -0.1) is 0 Å². The average molecular weight is 253 g/mol. The Morgan fingerprint density at radius 3 is 2.72 bits per heavy atom. The van der Waals surface area contributed by atoms with E-state index in [2.05, 4.69) is 38.0 Å². The number of aromatic nitrogens is 1. The van der Waals surface area contributed by atoms with Crippen LogP contribution in [0.3, 0.4) is 0 Å². The molecule has 0 aromatic carbocycles. The standard InChI is InChI=1S/C13H20FN3O/c1-8(2)13(3,4)7-17-12(18)10-5-9(14)6-16-11(10)15/h5-6,8H,7H2,1-4H3,(H2,15,16)(H,17,18). The van der Waals surface area contributed by atoms with Gasteiger partial charge in [0.05, 0.1) is 11.8 Å². The van der Waals surface area contributed by atoms with Crippen LogP contribution in [-0.2, 0) is 0 Å². The summed E-state index contributed by atoms with van der Waals surface area (Å²) in [6.07, 6.45) is 0.990. The first kappa shape index (κ1) is 14.4. The number of rotatable bonds is 4. The molecule has 0 atom stereocenters.